The molecule has 3 aliphatic heterocycles. The van der Waals surface area contributed by atoms with Gasteiger partial charge in [-0.05, 0) is 38.8 Å². The molecule has 2 saturated heterocycles. The van der Waals surface area contributed by atoms with Crippen molar-refractivity contribution in [3.8, 4) is 5.88 Å². The van der Waals surface area contributed by atoms with Gasteiger partial charge in [0, 0.05) is 43.7 Å². The Morgan fingerprint density at radius 1 is 1.26 bits per heavy atom. The van der Waals surface area contributed by atoms with E-state index < -0.39 is 18.0 Å². The van der Waals surface area contributed by atoms with Crippen LogP contribution in [-0.2, 0) is 17.8 Å². The van der Waals surface area contributed by atoms with Crippen molar-refractivity contribution in [2.45, 2.75) is 57.4 Å². The Bertz CT molecular complexity index is 1390. The number of halogens is 3. The van der Waals surface area contributed by atoms with Crippen LogP contribution in [0.2, 0.25) is 5.15 Å². The first-order chi connectivity index (χ1) is 18.4. The molecule has 2 atom stereocenters. The Labute approximate surface area is 223 Å². The van der Waals surface area contributed by atoms with Crippen LogP contribution in [0.25, 0.3) is 10.9 Å². The average Bonchev–Trinajstić information content (AvgIpc) is 3.52. The lowest BCUT2D eigenvalue weighted by Crippen LogP contribution is -2.43. The van der Waals surface area contributed by atoms with E-state index in [4.69, 9.17) is 21.1 Å². The molecule has 202 valence electrons. The quantitative estimate of drug-likeness (QED) is 0.336. The number of ether oxygens (including phenoxy) is 2. The lowest BCUT2D eigenvalue weighted by molar-refractivity contribution is 0.0518. The minimum atomic E-state index is -0.872. The molecule has 12 heteroatoms. The predicted octanol–water partition coefficient (Wildman–Crippen LogP) is 4.16. The Hall–Kier alpha value is -3.05. The van der Waals surface area contributed by atoms with Crippen LogP contribution in [0, 0.1) is 5.82 Å². The van der Waals surface area contributed by atoms with Crippen LogP contribution in [0.15, 0.2) is 18.3 Å². The SMILES string of the molecule is CCOC(=O)c1cc2n(n1)CCCN(c1cc(OC[C@@]34CCCN3C[C@H](F)C4)nc3c(F)c(Cl)ncc13)C2. The Morgan fingerprint density at radius 2 is 2.13 bits per heavy atom. The van der Waals surface area contributed by atoms with Crippen LogP contribution in [0.3, 0.4) is 0 Å². The first kappa shape index (κ1) is 25.2. The summed E-state index contributed by atoms with van der Waals surface area (Å²) in [6.07, 6.45) is 3.67. The standard InChI is InChI=1S/C26H29ClF2N6O3/c1-2-37-25(36)19-9-17-14-33(6-4-8-35(17)32-19)20-10-21(31-23-18(20)12-30-24(27)22(23)29)38-15-26-5-3-7-34(26)13-16(28)11-26/h9-10,12,16H,2-8,11,13-15H2,1H3/t16-,26+/m1/s1. The van der Waals surface area contributed by atoms with E-state index in [0.717, 1.165) is 31.5 Å². The third-order valence-corrected chi connectivity index (χ3v) is 8.06. The van der Waals surface area contributed by atoms with Crippen molar-refractivity contribution in [1.82, 2.24) is 24.6 Å². The molecule has 6 rings (SSSR count). The maximum Gasteiger partial charge on any atom is 0.358 e. The normalized spacial score (nSPS) is 23.4. The lowest BCUT2D eigenvalue weighted by Gasteiger charge is -2.31. The number of aromatic nitrogens is 4. The molecule has 0 aliphatic carbocycles. The summed E-state index contributed by atoms with van der Waals surface area (Å²) in [5.41, 5.74) is 1.49. The number of fused-ring (bicyclic) bond motifs is 3. The predicted molar refractivity (Wildman–Crippen MR) is 137 cm³/mol. The molecule has 0 radical (unpaired) electrons. The highest BCUT2D eigenvalue weighted by Crippen LogP contribution is 2.41. The summed E-state index contributed by atoms with van der Waals surface area (Å²) in [7, 11) is 0. The number of hydrogen-bond donors (Lipinski definition) is 0. The van der Waals surface area contributed by atoms with Crippen molar-refractivity contribution in [3.63, 3.8) is 0 Å². The van der Waals surface area contributed by atoms with Crippen molar-refractivity contribution >= 4 is 34.2 Å². The number of carbonyl (C=O) groups is 1. The zero-order valence-corrected chi connectivity index (χ0v) is 21.9. The minimum Gasteiger partial charge on any atom is -0.476 e. The van der Waals surface area contributed by atoms with Crippen LogP contribution in [0.1, 0.15) is 48.8 Å². The van der Waals surface area contributed by atoms with Gasteiger partial charge in [-0.1, -0.05) is 11.6 Å². The molecule has 3 aliphatic rings. The maximum atomic E-state index is 15.2. The molecule has 0 amide bonds. The Balaban J connectivity index is 1.34. The van der Waals surface area contributed by atoms with Crippen LogP contribution < -0.4 is 9.64 Å². The van der Waals surface area contributed by atoms with Gasteiger partial charge in [0.25, 0.3) is 0 Å². The van der Waals surface area contributed by atoms with E-state index in [1.54, 1.807) is 19.1 Å². The molecule has 3 aromatic heterocycles. The molecule has 3 aromatic rings. The highest BCUT2D eigenvalue weighted by molar-refractivity contribution is 6.30. The van der Waals surface area contributed by atoms with E-state index in [1.165, 1.54) is 6.20 Å². The number of esters is 1. The highest BCUT2D eigenvalue weighted by Gasteiger charge is 2.49. The van der Waals surface area contributed by atoms with Crippen molar-refractivity contribution < 1.29 is 23.0 Å². The molecule has 9 nitrogen and oxygen atoms in total. The third kappa shape index (κ3) is 4.45. The smallest absolute Gasteiger partial charge is 0.358 e. The highest BCUT2D eigenvalue weighted by atomic mass is 35.5. The van der Waals surface area contributed by atoms with Crippen LogP contribution in [-0.4, -0.2) is 75.2 Å². The van der Waals surface area contributed by atoms with Gasteiger partial charge in [0.15, 0.2) is 16.7 Å². The van der Waals surface area contributed by atoms with Gasteiger partial charge in [0.1, 0.15) is 18.3 Å². The summed E-state index contributed by atoms with van der Waals surface area (Å²) in [6.45, 7) is 5.28. The zero-order valence-electron chi connectivity index (χ0n) is 21.1. The van der Waals surface area contributed by atoms with Crippen LogP contribution in [0.5, 0.6) is 5.88 Å². The van der Waals surface area contributed by atoms with E-state index in [-0.39, 0.29) is 41.0 Å². The Morgan fingerprint density at radius 3 is 2.97 bits per heavy atom. The molecule has 0 N–H and O–H groups in total. The second-order valence-corrected chi connectivity index (χ2v) is 10.6. The number of aryl methyl sites for hydroxylation is 1. The molecule has 0 saturated carbocycles. The summed E-state index contributed by atoms with van der Waals surface area (Å²) < 4.78 is 42.5. The fourth-order valence-electron chi connectivity index (χ4n) is 6.05. The summed E-state index contributed by atoms with van der Waals surface area (Å²) >= 11 is 6.01. The van der Waals surface area contributed by atoms with Crippen LogP contribution in [0.4, 0.5) is 14.5 Å². The average molecular weight is 547 g/mol. The number of pyridine rings is 2. The van der Waals surface area contributed by atoms with Gasteiger partial charge in [-0.15, -0.1) is 0 Å². The zero-order chi connectivity index (χ0) is 26.4. The van der Waals surface area contributed by atoms with Gasteiger partial charge >= 0.3 is 5.97 Å². The van der Waals surface area contributed by atoms with Gasteiger partial charge in [0.2, 0.25) is 5.88 Å². The number of anilines is 1. The monoisotopic (exact) mass is 546 g/mol. The van der Waals surface area contributed by atoms with E-state index in [2.05, 4.69) is 24.9 Å². The molecule has 6 heterocycles. The largest absolute Gasteiger partial charge is 0.476 e. The van der Waals surface area contributed by atoms with E-state index in [0.29, 0.717) is 43.7 Å². The van der Waals surface area contributed by atoms with E-state index in [9.17, 15) is 9.18 Å². The van der Waals surface area contributed by atoms with E-state index >= 15 is 4.39 Å². The number of hydrogen-bond acceptors (Lipinski definition) is 8. The summed E-state index contributed by atoms with van der Waals surface area (Å²) in [5, 5.41) is 4.66. The maximum absolute atomic E-state index is 15.2. The summed E-state index contributed by atoms with van der Waals surface area (Å²) in [6, 6.07) is 3.52. The third-order valence-electron chi connectivity index (χ3n) is 7.80. The van der Waals surface area contributed by atoms with Gasteiger partial charge in [-0.2, -0.15) is 5.10 Å². The Kier molecular flexibility index (Phi) is 6.59. The number of nitrogens with zero attached hydrogens (tertiary/aromatic N) is 6. The topological polar surface area (TPSA) is 85.6 Å². The molecule has 0 aromatic carbocycles. The van der Waals surface area contributed by atoms with Crippen molar-refractivity contribution in [3.05, 3.63) is 40.7 Å². The molecule has 0 bridgehead atoms. The molecular formula is C26H29ClF2N6O3. The van der Waals surface area contributed by atoms with Crippen molar-refractivity contribution in [2.75, 3.05) is 37.7 Å². The summed E-state index contributed by atoms with van der Waals surface area (Å²) in [5.74, 6) is -0.929. The van der Waals surface area contributed by atoms with Gasteiger partial charge in [0.05, 0.1) is 30.1 Å². The van der Waals surface area contributed by atoms with E-state index in [1.807, 2.05) is 4.68 Å². The number of rotatable bonds is 6. The fraction of sp³-hybridized carbons (Fsp3) is 0.538. The molecular weight excluding hydrogens is 518 g/mol. The molecule has 0 unspecified atom stereocenters. The fourth-order valence-corrected chi connectivity index (χ4v) is 6.19. The first-order valence-electron chi connectivity index (χ1n) is 13.0. The molecule has 0 spiro atoms. The van der Waals surface area contributed by atoms with Gasteiger partial charge < -0.3 is 14.4 Å². The summed E-state index contributed by atoms with van der Waals surface area (Å²) in [4.78, 5) is 25.0. The molecule has 2 fully saturated rings. The van der Waals surface area contributed by atoms with Crippen molar-refractivity contribution in [1.29, 1.82) is 0 Å². The lowest BCUT2D eigenvalue weighted by atomic mass is 9.95. The minimum absolute atomic E-state index is 0.0676. The second-order valence-electron chi connectivity index (χ2n) is 10.2. The van der Waals surface area contributed by atoms with Gasteiger partial charge in [-0.25, -0.2) is 23.5 Å². The number of alkyl halides is 1. The van der Waals surface area contributed by atoms with Gasteiger partial charge in [-0.3, -0.25) is 9.58 Å². The number of carbonyl (C=O) groups excluding carboxylic acids is 1. The first-order valence-corrected chi connectivity index (χ1v) is 13.4. The second kappa shape index (κ2) is 9.92. The van der Waals surface area contributed by atoms with Crippen molar-refractivity contribution in [2.24, 2.45) is 0 Å². The molecule has 38 heavy (non-hydrogen) atoms. The van der Waals surface area contributed by atoms with Crippen LogP contribution >= 0.6 is 11.6 Å².